The molecule has 4 N–H and O–H groups in total. The zero-order valence-electron chi connectivity index (χ0n) is 11.8. The van der Waals surface area contributed by atoms with Crippen LogP contribution in [0, 0.1) is 0 Å². The van der Waals surface area contributed by atoms with Crippen LogP contribution in [0.2, 0.25) is 0 Å². The van der Waals surface area contributed by atoms with Crippen LogP contribution in [0.4, 0.5) is 5.69 Å². The molecule has 1 heterocycles. The van der Waals surface area contributed by atoms with E-state index in [1.165, 1.54) is 6.92 Å². The van der Waals surface area contributed by atoms with Gasteiger partial charge in [0.25, 0.3) is 0 Å². The molecule has 0 bridgehead atoms. The highest BCUT2D eigenvalue weighted by atomic mass is 16.7. The van der Waals surface area contributed by atoms with Gasteiger partial charge in [-0.1, -0.05) is 0 Å². The van der Waals surface area contributed by atoms with Gasteiger partial charge in [-0.25, -0.2) is 0 Å². The van der Waals surface area contributed by atoms with Crippen LogP contribution >= 0.6 is 0 Å². The normalized spacial score (nSPS) is 32.5. The first-order valence-corrected chi connectivity index (χ1v) is 6.62. The number of aliphatic hydroxyl groups excluding tert-OH is 3. The van der Waals surface area contributed by atoms with E-state index in [4.69, 9.17) is 9.47 Å². The lowest BCUT2D eigenvalue weighted by atomic mass is 10.00. The van der Waals surface area contributed by atoms with E-state index in [1.54, 1.807) is 31.2 Å². The van der Waals surface area contributed by atoms with E-state index >= 15 is 0 Å². The molecule has 1 amide bonds. The molecule has 1 aliphatic heterocycles. The molecule has 21 heavy (non-hydrogen) atoms. The maximum atomic E-state index is 10.9. The van der Waals surface area contributed by atoms with E-state index in [9.17, 15) is 20.1 Å². The zero-order chi connectivity index (χ0) is 15.6. The Bertz CT molecular complexity index is 491. The van der Waals surface area contributed by atoms with Gasteiger partial charge in [-0.15, -0.1) is 0 Å². The summed E-state index contributed by atoms with van der Waals surface area (Å²) in [5, 5.41) is 31.8. The van der Waals surface area contributed by atoms with Gasteiger partial charge in [-0.05, 0) is 31.2 Å². The Morgan fingerprint density at radius 3 is 2.33 bits per heavy atom. The molecule has 0 aliphatic carbocycles. The number of benzene rings is 1. The second-order valence-electron chi connectivity index (χ2n) is 5.00. The summed E-state index contributed by atoms with van der Waals surface area (Å²) in [5.41, 5.74) is 0.615. The summed E-state index contributed by atoms with van der Waals surface area (Å²) >= 11 is 0. The number of amides is 1. The molecule has 5 atom stereocenters. The first kappa shape index (κ1) is 15.7. The minimum atomic E-state index is -1.36. The molecule has 1 aliphatic rings. The van der Waals surface area contributed by atoms with Gasteiger partial charge < -0.3 is 30.1 Å². The lowest BCUT2D eigenvalue weighted by molar-refractivity contribution is -0.268. The lowest BCUT2D eigenvalue weighted by Gasteiger charge is -2.38. The molecule has 1 fully saturated rings. The summed E-state index contributed by atoms with van der Waals surface area (Å²) in [7, 11) is 0. The van der Waals surface area contributed by atoms with Crippen molar-refractivity contribution in [2.24, 2.45) is 0 Å². The number of hydrogen-bond acceptors (Lipinski definition) is 6. The van der Waals surface area contributed by atoms with Crippen molar-refractivity contribution in [1.29, 1.82) is 0 Å². The average molecular weight is 297 g/mol. The second-order valence-corrected chi connectivity index (χ2v) is 5.00. The maximum Gasteiger partial charge on any atom is 0.229 e. The SMILES string of the molecule is CC(=O)Nc1ccc(O[C@H]2OC(C)[C@@H](O)C(O)C2O)cc1. The topological polar surface area (TPSA) is 108 Å². The molecule has 2 rings (SSSR count). The number of ether oxygens (including phenoxy) is 2. The second kappa shape index (κ2) is 6.40. The van der Waals surface area contributed by atoms with Crippen molar-refractivity contribution in [3.63, 3.8) is 0 Å². The van der Waals surface area contributed by atoms with E-state index in [0.29, 0.717) is 11.4 Å². The van der Waals surface area contributed by atoms with Crippen molar-refractivity contribution in [2.75, 3.05) is 5.32 Å². The monoisotopic (exact) mass is 297 g/mol. The predicted molar refractivity (Wildman–Crippen MR) is 73.7 cm³/mol. The standard InChI is InChI=1S/C14H19NO6/c1-7-11(17)12(18)13(19)14(20-7)21-10-5-3-9(4-6-10)15-8(2)16/h3-7,11-14,17-19H,1-2H3,(H,15,16)/t7?,11-,12?,13?,14-/m1/s1. The van der Waals surface area contributed by atoms with Crippen molar-refractivity contribution in [3.8, 4) is 5.75 Å². The van der Waals surface area contributed by atoms with Crippen LogP contribution in [0.15, 0.2) is 24.3 Å². The number of carbonyl (C=O) groups is 1. The van der Waals surface area contributed by atoms with E-state index < -0.39 is 30.7 Å². The van der Waals surface area contributed by atoms with Crippen molar-refractivity contribution >= 4 is 11.6 Å². The van der Waals surface area contributed by atoms with Gasteiger partial charge in [0, 0.05) is 12.6 Å². The highest BCUT2D eigenvalue weighted by Crippen LogP contribution is 2.24. The largest absolute Gasteiger partial charge is 0.462 e. The number of rotatable bonds is 3. The molecule has 0 saturated carbocycles. The third-order valence-electron chi connectivity index (χ3n) is 3.24. The highest BCUT2D eigenvalue weighted by molar-refractivity contribution is 5.88. The number of aliphatic hydroxyl groups is 3. The molecule has 1 aromatic rings. The highest BCUT2D eigenvalue weighted by Gasteiger charge is 2.43. The molecular formula is C14H19NO6. The quantitative estimate of drug-likeness (QED) is 0.618. The fourth-order valence-corrected chi connectivity index (χ4v) is 2.06. The van der Waals surface area contributed by atoms with Crippen LogP contribution in [-0.2, 0) is 9.53 Å². The van der Waals surface area contributed by atoms with Crippen molar-refractivity contribution in [2.45, 2.75) is 44.6 Å². The molecule has 3 unspecified atom stereocenters. The average Bonchev–Trinajstić information content (AvgIpc) is 2.44. The van der Waals surface area contributed by atoms with Crippen LogP contribution in [0.5, 0.6) is 5.75 Å². The molecular weight excluding hydrogens is 278 g/mol. The lowest BCUT2D eigenvalue weighted by Crippen LogP contribution is -2.58. The molecule has 1 saturated heterocycles. The Labute approximate surface area is 122 Å². The van der Waals surface area contributed by atoms with Crippen LogP contribution in [0.1, 0.15) is 13.8 Å². The molecule has 0 radical (unpaired) electrons. The first-order valence-electron chi connectivity index (χ1n) is 6.62. The smallest absolute Gasteiger partial charge is 0.229 e. The van der Waals surface area contributed by atoms with Crippen LogP contribution in [0.25, 0.3) is 0 Å². The van der Waals surface area contributed by atoms with Gasteiger partial charge in [0.1, 0.15) is 24.1 Å². The van der Waals surface area contributed by atoms with E-state index in [2.05, 4.69) is 5.32 Å². The van der Waals surface area contributed by atoms with Crippen molar-refractivity contribution in [1.82, 2.24) is 0 Å². The third-order valence-corrected chi connectivity index (χ3v) is 3.24. The fraction of sp³-hybridized carbons (Fsp3) is 0.500. The zero-order valence-corrected chi connectivity index (χ0v) is 11.8. The summed E-state index contributed by atoms with van der Waals surface area (Å²) in [6, 6.07) is 6.48. The summed E-state index contributed by atoms with van der Waals surface area (Å²) in [6.07, 6.45) is -5.59. The Kier molecular flexibility index (Phi) is 4.79. The number of carbonyl (C=O) groups excluding carboxylic acids is 1. The maximum absolute atomic E-state index is 10.9. The van der Waals surface area contributed by atoms with Crippen molar-refractivity contribution in [3.05, 3.63) is 24.3 Å². The number of nitrogens with one attached hydrogen (secondary N) is 1. The van der Waals surface area contributed by atoms with Gasteiger partial charge in [0.15, 0.2) is 0 Å². The van der Waals surface area contributed by atoms with Crippen LogP contribution in [-0.4, -0.2) is 51.9 Å². The summed E-state index contributed by atoms with van der Waals surface area (Å²) < 4.78 is 10.8. The molecule has 7 heteroatoms. The summed E-state index contributed by atoms with van der Waals surface area (Å²) in [5.74, 6) is 0.226. The van der Waals surface area contributed by atoms with Crippen LogP contribution in [0.3, 0.4) is 0 Å². The number of hydrogen-bond donors (Lipinski definition) is 4. The van der Waals surface area contributed by atoms with Crippen molar-refractivity contribution < 1.29 is 29.6 Å². The Morgan fingerprint density at radius 2 is 1.76 bits per heavy atom. The van der Waals surface area contributed by atoms with Gasteiger partial charge in [-0.3, -0.25) is 4.79 Å². The van der Waals surface area contributed by atoms with E-state index in [0.717, 1.165) is 0 Å². The third kappa shape index (κ3) is 3.70. The van der Waals surface area contributed by atoms with Gasteiger partial charge in [0.2, 0.25) is 12.2 Å². The Hall–Kier alpha value is -1.67. The summed E-state index contributed by atoms with van der Waals surface area (Å²) in [6.45, 7) is 2.99. The Balaban J connectivity index is 2.02. The molecule has 0 spiro atoms. The number of anilines is 1. The van der Waals surface area contributed by atoms with E-state index in [-0.39, 0.29) is 5.91 Å². The van der Waals surface area contributed by atoms with Crippen LogP contribution < -0.4 is 10.1 Å². The Morgan fingerprint density at radius 1 is 1.14 bits per heavy atom. The molecule has 116 valence electrons. The van der Waals surface area contributed by atoms with Gasteiger partial charge in [-0.2, -0.15) is 0 Å². The van der Waals surface area contributed by atoms with Gasteiger partial charge in [0.05, 0.1) is 6.10 Å². The minimum absolute atomic E-state index is 0.180. The molecule has 7 nitrogen and oxygen atoms in total. The van der Waals surface area contributed by atoms with Gasteiger partial charge >= 0.3 is 0 Å². The minimum Gasteiger partial charge on any atom is -0.462 e. The first-order chi connectivity index (χ1) is 9.88. The van der Waals surface area contributed by atoms with E-state index in [1.807, 2.05) is 0 Å². The predicted octanol–water partition coefficient (Wildman–Crippen LogP) is -0.149. The molecule has 1 aromatic carbocycles. The molecule has 0 aromatic heterocycles. The fourth-order valence-electron chi connectivity index (χ4n) is 2.06. The summed E-state index contributed by atoms with van der Waals surface area (Å²) in [4.78, 5) is 10.9.